The molecule has 4 nitrogen and oxygen atoms in total. The van der Waals surface area contributed by atoms with E-state index in [-0.39, 0.29) is 18.3 Å². The third-order valence-electron chi connectivity index (χ3n) is 3.80. The lowest BCUT2D eigenvalue weighted by atomic mass is 10.00. The van der Waals surface area contributed by atoms with E-state index < -0.39 is 0 Å². The Bertz CT molecular complexity index is 435. The third-order valence-corrected chi connectivity index (χ3v) is 5.04. The number of hydrogen-bond donors (Lipinski definition) is 2. The van der Waals surface area contributed by atoms with Gasteiger partial charge in [0.05, 0.1) is 18.1 Å². The van der Waals surface area contributed by atoms with Crippen LogP contribution in [0, 0.1) is 5.92 Å². The van der Waals surface area contributed by atoms with E-state index >= 15 is 0 Å². The van der Waals surface area contributed by atoms with Crippen molar-refractivity contribution < 1.29 is 9.53 Å². The molecule has 0 radical (unpaired) electrons. The molecule has 20 heavy (non-hydrogen) atoms. The Balaban J connectivity index is 0.00000147. The van der Waals surface area contributed by atoms with Crippen LogP contribution in [0.2, 0.25) is 0 Å². The molecular weight excluding hydrogens is 296 g/mol. The summed E-state index contributed by atoms with van der Waals surface area (Å²) in [6, 6.07) is 1.99. The van der Waals surface area contributed by atoms with Crippen LogP contribution >= 0.6 is 23.7 Å². The number of nitrogens with one attached hydrogen (secondary N) is 2. The first-order valence-electron chi connectivity index (χ1n) is 7.01. The monoisotopic (exact) mass is 316 g/mol. The van der Waals surface area contributed by atoms with Crippen molar-refractivity contribution in [3.05, 3.63) is 21.4 Å². The fourth-order valence-electron chi connectivity index (χ4n) is 2.68. The molecule has 0 aromatic carbocycles. The quantitative estimate of drug-likeness (QED) is 0.896. The van der Waals surface area contributed by atoms with Crippen LogP contribution in [0.15, 0.2) is 6.07 Å². The van der Waals surface area contributed by atoms with Gasteiger partial charge in [-0.05, 0) is 43.5 Å². The van der Waals surface area contributed by atoms with Gasteiger partial charge in [-0.25, -0.2) is 0 Å². The fraction of sp³-hybridized carbons (Fsp3) is 0.643. The van der Waals surface area contributed by atoms with Gasteiger partial charge < -0.3 is 15.4 Å². The van der Waals surface area contributed by atoms with Crippen LogP contribution in [-0.4, -0.2) is 32.1 Å². The van der Waals surface area contributed by atoms with Crippen molar-refractivity contribution in [1.29, 1.82) is 0 Å². The van der Waals surface area contributed by atoms with Gasteiger partial charge in [0.25, 0.3) is 5.91 Å². The fourth-order valence-corrected chi connectivity index (χ4v) is 3.75. The number of carbonyl (C=O) groups excluding carboxylic acids is 1. The molecule has 3 heterocycles. The van der Waals surface area contributed by atoms with Gasteiger partial charge in [-0.3, -0.25) is 4.79 Å². The number of fused-ring (bicyclic) bond motifs is 1. The first kappa shape index (κ1) is 15.8. The van der Waals surface area contributed by atoms with Crippen molar-refractivity contribution in [2.24, 2.45) is 5.92 Å². The number of amides is 1. The maximum Gasteiger partial charge on any atom is 0.261 e. The Morgan fingerprint density at radius 1 is 1.55 bits per heavy atom. The van der Waals surface area contributed by atoms with E-state index in [1.807, 2.05) is 6.07 Å². The summed E-state index contributed by atoms with van der Waals surface area (Å²) >= 11 is 1.62. The number of piperidine rings is 1. The SMILES string of the molecule is Cl.O=C(NCC1CCCNC1)c1cc2c(s1)CCOC2. The normalized spacial score (nSPS) is 21.7. The molecule has 3 rings (SSSR count). The Kier molecular flexibility index (Phi) is 5.84. The zero-order chi connectivity index (χ0) is 13.1. The van der Waals surface area contributed by atoms with Crippen LogP contribution in [0.25, 0.3) is 0 Å². The number of hydrogen-bond acceptors (Lipinski definition) is 4. The van der Waals surface area contributed by atoms with E-state index in [1.54, 1.807) is 11.3 Å². The largest absolute Gasteiger partial charge is 0.376 e. The van der Waals surface area contributed by atoms with Gasteiger partial charge in [0.2, 0.25) is 0 Å². The molecule has 2 aliphatic rings. The minimum absolute atomic E-state index is 0. The highest BCUT2D eigenvalue weighted by Crippen LogP contribution is 2.26. The highest BCUT2D eigenvalue weighted by Gasteiger charge is 2.19. The highest BCUT2D eigenvalue weighted by molar-refractivity contribution is 7.14. The topological polar surface area (TPSA) is 50.4 Å². The molecule has 0 bridgehead atoms. The van der Waals surface area contributed by atoms with Crippen molar-refractivity contribution in [3.8, 4) is 0 Å². The lowest BCUT2D eigenvalue weighted by Gasteiger charge is -2.22. The number of thiophene rings is 1. The summed E-state index contributed by atoms with van der Waals surface area (Å²) < 4.78 is 5.41. The van der Waals surface area contributed by atoms with E-state index in [0.29, 0.717) is 12.5 Å². The van der Waals surface area contributed by atoms with Crippen molar-refractivity contribution in [3.63, 3.8) is 0 Å². The molecule has 1 unspecified atom stereocenters. The molecule has 1 aromatic heterocycles. The predicted molar refractivity (Wildman–Crippen MR) is 82.9 cm³/mol. The molecule has 6 heteroatoms. The summed E-state index contributed by atoms with van der Waals surface area (Å²) in [6.07, 6.45) is 3.37. The first-order chi connectivity index (χ1) is 9.33. The molecule has 1 amide bonds. The van der Waals surface area contributed by atoms with Crippen LogP contribution in [0.3, 0.4) is 0 Å². The van der Waals surface area contributed by atoms with E-state index in [4.69, 9.17) is 4.74 Å². The predicted octanol–water partition coefficient (Wildman–Crippen LogP) is 1.97. The summed E-state index contributed by atoms with van der Waals surface area (Å²) in [5.41, 5.74) is 1.20. The van der Waals surface area contributed by atoms with Crippen molar-refractivity contribution in [2.75, 3.05) is 26.2 Å². The van der Waals surface area contributed by atoms with Gasteiger partial charge in [-0.1, -0.05) is 0 Å². The Morgan fingerprint density at radius 3 is 3.20 bits per heavy atom. The van der Waals surface area contributed by atoms with Gasteiger partial charge in [0.15, 0.2) is 0 Å². The molecule has 0 aliphatic carbocycles. The second-order valence-electron chi connectivity index (χ2n) is 5.28. The van der Waals surface area contributed by atoms with Crippen molar-refractivity contribution in [1.82, 2.24) is 10.6 Å². The van der Waals surface area contributed by atoms with E-state index in [2.05, 4.69) is 10.6 Å². The van der Waals surface area contributed by atoms with Gasteiger partial charge in [-0.15, -0.1) is 23.7 Å². The second-order valence-corrected chi connectivity index (χ2v) is 6.42. The minimum Gasteiger partial charge on any atom is -0.376 e. The van der Waals surface area contributed by atoms with Gasteiger partial charge in [-0.2, -0.15) is 0 Å². The molecule has 1 aromatic rings. The maximum absolute atomic E-state index is 12.1. The van der Waals surface area contributed by atoms with Gasteiger partial charge in [0.1, 0.15) is 0 Å². The zero-order valence-corrected chi connectivity index (χ0v) is 13.1. The summed E-state index contributed by atoms with van der Waals surface area (Å²) in [4.78, 5) is 14.3. The average Bonchev–Trinajstić information content (AvgIpc) is 2.90. The Hall–Kier alpha value is -0.620. The summed E-state index contributed by atoms with van der Waals surface area (Å²) in [7, 11) is 0. The summed E-state index contributed by atoms with van der Waals surface area (Å²) in [6.45, 7) is 4.36. The zero-order valence-electron chi connectivity index (χ0n) is 11.4. The molecule has 1 atom stereocenters. The maximum atomic E-state index is 12.1. The second kappa shape index (κ2) is 7.41. The van der Waals surface area contributed by atoms with Crippen LogP contribution in [0.5, 0.6) is 0 Å². The third kappa shape index (κ3) is 3.73. The molecule has 112 valence electrons. The van der Waals surface area contributed by atoms with Gasteiger partial charge in [0, 0.05) is 17.8 Å². The van der Waals surface area contributed by atoms with Gasteiger partial charge >= 0.3 is 0 Å². The molecule has 2 N–H and O–H groups in total. The molecular formula is C14H21ClN2O2S. The molecule has 0 saturated carbocycles. The molecule has 1 saturated heterocycles. The smallest absolute Gasteiger partial charge is 0.261 e. The van der Waals surface area contributed by atoms with Crippen LogP contribution in [0.4, 0.5) is 0 Å². The molecule has 1 fully saturated rings. The van der Waals surface area contributed by atoms with Crippen molar-refractivity contribution in [2.45, 2.75) is 25.9 Å². The molecule has 0 spiro atoms. The van der Waals surface area contributed by atoms with Crippen molar-refractivity contribution >= 4 is 29.7 Å². The average molecular weight is 317 g/mol. The van der Waals surface area contributed by atoms with E-state index in [9.17, 15) is 4.79 Å². The summed E-state index contributed by atoms with van der Waals surface area (Å²) in [5.74, 6) is 0.653. The van der Waals surface area contributed by atoms with Crippen LogP contribution < -0.4 is 10.6 Å². The number of halogens is 1. The van der Waals surface area contributed by atoms with E-state index in [0.717, 1.165) is 37.5 Å². The minimum atomic E-state index is 0. The van der Waals surface area contributed by atoms with E-state index in [1.165, 1.54) is 23.3 Å². The lowest BCUT2D eigenvalue weighted by Crippen LogP contribution is -2.37. The lowest BCUT2D eigenvalue weighted by molar-refractivity contribution is 0.0948. The molecule has 2 aliphatic heterocycles. The number of rotatable bonds is 3. The standard InChI is InChI=1S/C14H20N2O2S.ClH/c17-14(16-8-10-2-1-4-15-7-10)13-6-11-9-18-5-3-12(11)19-13;/h6,10,15H,1-5,7-9H2,(H,16,17);1H. The highest BCUT2D eigenvalue weighted by atomic mass is 35.5. The number of ether oxygens (including phenoxy) is 1. The first-order valence-corrected chi connectivity index (χ1v) is 7.83. The summed E-state index contributed by atoms with van der Waals surface area (Å²) in [5, 5.41) is 6.44. The Morgan fingerprint density at radius 2 is 2.45 bits per heavy atom. The van der Waals surface area contributed by atoms with Crippen LogP contribution in [0.1, 0.15) is 33.0 Å². The van der Waals surface area contributed by atoms with Crippen LogP contribution in [-0.2, 0) is 17.8 Å². The Labute approximate surface area is 129 Å². The number of carbonyl (C=O) groups is 1.